The van der Waals surface area contributed by atoms with E-state index in [0.717, 1.165) is 36.1 Å². The molecule has 0 aliphatic rings. The molecule has 1 amide bonds. The van der Waals surface area contributed by atoms with Gasteiger partial charge in [0.05, 0.1) is 27.9 Å². The van der Waals surface area contributed by atoms with Crippen molar-refractivity contribution >= 4 is 60.1 Å². The standard InChI is InChI=1S/C25H22ClFN4O6S3/c1-14-21(9-23(38-14)25(32)30-18-5-16(26)6-19(8-18)31-40(3,35)36)24-22(7-17(27)11-29-24)37-13-15-4-20(12-28-10-15)39(2,33)34/h4-12,31H,13H2,1-3H3,(H,30,32). The molecule has 0 fully saturated rings. The number of benzene rings is 1. The number of nitrogens with zero attached hydrogens (tertiary/aromatic N) is 2. The Morgan fingerprint density at radius 3 is 2.45 bits per heavy atom. The number of hydrogen-bond donors (Lipinski definition) is 2. The number of nitrogens with one attached hydrogen (secondary N) is 2. The van der Waals surface area contributed by atoms with Crippen molar-refractivity contribution in [3.05, 3.63) is 81.1 Å². The molecule has 0 bridgehead atoms. The second kappa shape index (κ2) is 11.5. The molecule has 0 spiro atoms. The van der Waals surface area contributed by atoms with Crippen LogP contribution in [0.5, 0.6) is 5.75 Å². The number of sulfone groups is 1. The van der Waals surface area contributed by atoms with Crippen molar-refractivity contribution in [1.82, 2.24) is 9.97 Å². The van der Waals surface area contributed by atoms with Crippen molar-refractivity contribution in [2.45, 2.75) is 18.4 Å². The van der Waals surface area contributed by atoms with E-state index in [-0.39, 0.29) is 39.3 Å². The summed E-state index contributed by atoms with van der Waals surface area (Å²) in [7, 11) is -7.04. The van der Waals surface area contributed by atoms with Gasteiger partial charge in [0.15, 0.2) is 9.84 Å². The number of hydrogen-bond acceptors (Lipinski definition) is 9. The second-order valence-corrected chi connectivity index (χ2v) is 14.2. The van der Waals surface area contributed by atoms with Gasteiger partial charge in [0.25, 0.3) is 5.91 Å². The molecule has 0 aliphatic carbocycles. The first-order chi connectivity index (χ1) is 18.7. The van der Waals surface area contributed by atoms with Gasteiger partial charge in [-0.15, -0.1) is 11.3 Å². The fraction of sp³-hybridized carbons (Fsp3) is 0.160. The third-order valence-electron chi connectivity index (χ3n) is 5.27. The molecule has 0 saturated heterocycles. The predicted octanol–water partition coefficient (Wildman–Crippen LogP) is 4.91. The summed E-state index contributed by atoms with van der Waals surface area (Å²) in [6, 6.07) is 8.44. The molecule has 40 heavy (non-hydrogen) atoms. The van der Waals surface area contributed by atoms with Gasteiger partial charge in [-0.3, -0.25) is 14.5 Å². The molecule has 210 valence electrons. The minimum absolute atomic E-state index is 0.0226. The van der Waals surface area contributed by atoms with Crippen LogP contribution in [0.4, 0.5) is 15.8 Å². The van der Waals surface area contributed by atoms with Crippen LogP contribution in [0, 0.1) is 12.7 Å². The topological polar surface area (TPSA) is 144 Å². The number of aromatic nitrogens is 2. The monoisotopic (exact) mass is 624 g/mol. The summed E-state index contributed by atoms with van der Waals surface area (Å²) in [6.45, 7) is 1.66. The van der Waals surface area contributed by atoms with E-state index in [1.54, 1.807) is 13.0 Å². The van der Waals surface area contributed by atoms with Crippen LogP contribution in [-0.2, 0) is 26.5 Å². The number of carbonyl (C=O) groups excluding carboxylic acids is 1. The van der Waals surface area contributed by atoms with Crippen LogP contribution in [0.2, 0.25) is 5.02 Å². The van der Waals surface area contributed by atoms with E-state index in [0.29, 0.717) is 20.9 Å². The lowest BCUT2D eigenvalue weighted by atomic mass is 10.1. The highest BCUT2D eigenvalue weighted by atomic mass is 35.5. The molecular weight excluding hydrogens is 603 g/mol. The van der Waals surface area contributed by atoms with E-state index in [1.165, 1.54) is 36.7 Å². The highest BCUT2D eigenvalue weighted by Crippen LogP contribution is 2.36. The number of pyridine rings is 2. The lowest BCUT2D eigenvalue weighted by Crippen LogP contribution is -2.12. The van der Waals surface area contributed by atoms with Crippen molar-refractivity contribution in [2.75, 3.05) is 22.6 Å². The number of rotatable bonds is 9. The zero-order chi connectivity index (χ0) is 29.2. The van der Waals surface area contributed by atoms with E-state index in [4.69, 9.17) is 16.3 Å². The summed E-state index contributed by atoms with van der Waals surface area (Å²) < 4.78 is 69.0. The third kappa shape index (κ3) is 7.53. The fourth-order valence-corrected chi connectivity index (χ4v) is 5.91. The van der Waals surface area contributed by atoms with Crippen LogP contribution in [0.1, 0.15) is 20.1 Å². The first-order valence-corrected chi connectivity index (χ1v) is 16.3. The van der Waals surface area contributed by atoms with Gasteiger partial charge in [0, 0.05) is 51.4 Å². The second-order valence-electron chi connectivity index (χ2n) is 8.73. The number of thiophene rings is 1. The minimum Gasteiger partial charge on any atom is -0.486 e. The highest BCUT2D eigenvalue weighted by molar-refractivity contribution is 7.92. The van der Waals surface area contributed by atoms with Crippen LogP contribution >= 0.6 is 22.9 Å². The van der Waals surface area contributed by atoms with Crippen LogP contribution in [0.3, 0.4) is 0 Å². The smallest absolute Gasteiger partial charge is 0.265 e. The third-order valence-corrected chi connectivity index (χ3v) is 8.22. The summed E-state index contributed by atoms with van der Waals surface area (Å²) in [5.41, 5.74) is 1.71. The zero-order valence-electron chi connectivity index (χ0n) is 21.2. The first-order valence-electron chi connectivity index (χ1n) is 11.3. The summed E-state index contributed by atoms with van der Waals surface area (Å²) in [5, 5.41) is 2.90. The Morgan fingerprint density at radius 2 is 1.75 bits per heavy atom. The summed E-state index contributed by atoms with van der Waals surface area (Å²) in [5.74, 6) is -1.05. The molecule has 0 unspecified atom stereocenters. The summed E-state index contributed by atoms with van der Waals surface area (Å²) in [4.78, 5) is 22.1. The average molecular weight is 625 g/mol. The quantitative estimate of drug-likeness (QED) is 0.267. The van der Waals surface area contributed by atoms with Crippen molar-refractivity contribution in [3.63, 3.8) is 0 Å². The van der Waals surface area contributed by atoms with Gasteiger partial charge in [-0.2, -0.15) is 0 Å². The summed E-state index contributed by atoms with van der Waals surface area (Å²) in [6.07, 6.45) is 5.74. The van der Waals surface area contributed by atoms with Crippen LogP contribution in [0.15, 0.2) is 59.9 Å². The SMILES string of the molecule is Cc1sc(C(=O)Nc2cc(Cl)cc(NS(C)(=O)=O)c2)cc1-c1ncc(F)cc1OCc1cncc(S(C)(=O)=O)c1. The van der Waals surface area contributed by atoms with Gasteiger partial charge in [0.1, 0.15) is 23.9 Å². The Labute approximate surface area is 239 Å². The lowest BCUT2D eigenvalue weighted by molar-refractivity contribution is 0.103. The van der Waals surface area contributed by atoms with Gasteiger partial charge in [-0.1, -0.05) is 11.6 Å². The van der Waals surface area contributed by atoms with E-state index >= 15 is 0 Å². The van der Waals surface area contributed by atoms with Gasteiger partial charge < -0.3 is 10.1 Å². The predicted molar refractivity (Wildman–Crippen MR) is 152 cm³/mol. The fourth-order valence-electron chi connectivity index (χ4n) is 3.60. The molecule has 0 radical (unpaired) electrons. The van der Waals surface area contributed by atoms with Gasteiger partial charge in [-0.05, 0) is 37.3 Å². The van der Waals surface area contributed by atoms with E-state index < -0.39 is 31.6 Å². The molecular formula is C25H22ClFN4O6S3. The number of halogens is 2. The van der Waals surface area contributed by atoms with E-state index in [9.17, 15) is 26.0 Å². The minimum atomic E-state index is -3.56. The molecule has 3 aromatic heterocycles. The van der Waals surface area contributed by atoms with Gasteiger partial charge in [0.2, 0.25) is 10.0 Å². The van der Waals surface area contributed by atoms with E-state index in [1.807, 2.05) is 0 Å². The molecule has 0 saturated carbocycles. The maximum Gasteiger partial charge on any atom is 0.265 e. The Bertz CT molecular complexity index is 1830. The number of anilines is 2. The number of amides is 1. The van der Waals surface area contributed by atoms with Crippen LogP contribution < -0.4 is 14.8 Å². The molecule has 2 N–H and O–H groups in total. The number of aryl methyl sites for hydroxylation is 1. The largest absolute Gasteiger partial charge is 0.486 e. The number of ether oxygens (including phenoxy) is 1. The van der Waals surface area contributed by atoms with Crippen LogP contribution in [-0.4, -0.2) is 45.2 Å². The van der Waals surface area contributed by atoms with Crippen molar-refractivity contribution in [1.29, 1.82) is 0 Å². The molecule has 15 heteroatoms. The van der Waals surface area contributed by atoms with Gasteiger partial charge >= 0.3 is 0 Å². The van der Waals surface area contributed by atoms with E-state index in [2.05, 4.69) is 20.0 Å². The Kier molecular flexibility index (Phi) is 8.44. The lowest BCUT2D eigenvalue weighted by Gasteiger charge is -2.11. The summed E-state index contributed by atoms with van der Waals surface area (Å²) >= 11 is 7.25. The van der Waals surface area contributed by atoms with Crippen molar-refractivity contribution in [2.24, 2.45) is 0 Å². The first kappa shape index (κ1) is 29.4. The zero-order valence-corrected chi connectivity index (χ0v) is 24.4. The van der Waals surface area contributed by atoms with Gasteiger partial charge in [-0.25, -0.2) is 26.2 Å². The Morgan fingerprint density at radius 1 is 1.02 bits per heavy atom. The molecule has 3 heterocycles. The normalized spacial score (nSPS) is 11.7. The molecule has 1 aromatic carbocycles. The molecule has 0 atom stereocenters. The Balaban J connectivity index is 1.58. The van der Waals surface area contributed by atoms with Crippen LogP contribution in [0.25, 0.3) is 11.3 Å². The molecule has 10 nitrogen and oxygen atoms in total. The number of carbonyl (C=O) groups is 1. The van der Waals surface area contributed by atoms with Crippen molar-refractivity contribution in [3.8, 4) is 17.0 Å². The average Bonchev–Trinajstić information content (AvgIpc) is 3.22. The van der Waals surface area contributed by atoms with Crippen molar-refractivity contribution < 1.29 is 30.8 Å². The maximum absolute atomic E-state index is 14.1. The number of sulfonamides is 1. The molecule has 4 rings (SSSR count). The maximum atomic E-state index is 14.1. The molecule has 0 aliphatic heterocycles. The Hall–Kier alpha value is -3.59. The highest BCUT2D eigenvalue weighted by Gasteiger charge is 2.19. The molecule has 4 aromatic rings.